The van der Waals surface area contributed by atoms with E-state index in [0.717, 1.165) is 4.31 Å². The summed E-state index contributed by atoms with van der Waals surface area (Å²) < 4.78 is 26.0. The van der Waals surface area contributed by atoms with Crippen LogP contribution in [0.25, 0.3) is 0 Å². The topological polar surface area (TPSA) is 105 Å². The van der Waals surface area contributed by atoms with Crippen molar-refractivity contribution in [2.45, 2.75) is 18.4 Å². The van der Waals surface area contributed by atoms with E-state index in [2.05, 4.69) is 15.2 Å². The molecule has 0 amide bonds. The van der Waals surface area contributed by atoms with Gasteiger partial charge in [-0.2, -0.15) is 9.40 Å². The van der Waals surface area contributed by atoms with Crippen LogP contribution in [0.5, 0.6) is 0 Å². The van der Waals surface area contributed by atoms with Gasteiger partial charge < -0.3 is 5.73 Å². The number of nitrogen functional groups attached to an aromatic ring is 1. The zero-order valence-electron chi connectivity index (χ0n) is 11.0. The molecular weight excluding hydrogens is 302 g/mol. The van der Waals surface area contributed by atoms with E-state index in [1.54, 1.807) is 6.92 Å². The minimum Gasteiger partial charge on any atom is -0.397 e. The molecule has 0 radical (unpaired) electrons. The highest BCUT2D eigenvalue weighted by Gasteiger charge is 2.23. The molecule has 1 aromatic carbocycles. The molecule has 0 aliphatic heterocycles. The van der Waals surface area contributed by atoms with Gasteiger partial charge in [0.05, 0.1) is 22.2 Å². The molecule has 0 saturated heterocycles. The summed E-state index contributed by atoms with van der Waals surface area (Å²) in [5.74, 6) is 0.453. The van der Waals surface area contributed by atoms with E-state index in [0.29, 0.717) is 16.4 Å². The van der Waals surface area contributed by atoms with Crippen molar-refractivity contribution >= 4 is 27.3 Å². The van der Waals surface area contributed by atoms with Gasteiger partial charge in [0.1, 0.15) is 12.2 Å². The summed E-state index contributed by atoms with van der Waals surface area (Å²) in [5.41, 5.74) is 6.56. The van der Waals surface area contributed by atoms with Gasteiger partial charge in [-0.25, -0.2) is 13.4 Å². The maximum atomic E-state index is 12.4. The van der Waals surface area contributed by atoms with Crippen LogP contribution in [0.15, 0.2) is 23.4 Å². The number of aromatic amines is 1. The van der Waals surface area contributed by atoms with Crippen molar-refractivity contribution in [3.63, 3.8) is 0 Å². The van der Waals surface area contributed by atoms with Crippen LogP contribution in [0, 0.1) is 6.92 Å². The van der Waals surface area contributed by atoms with Crippen molar-refractivity contribution in [3.05, 3.63) is 34.9 Å². The van der Waals surface area contributed by atoms with Gasteiger partial charge in [0.2, 0.25) is 10.0 Å². The van der Waals surface area contributed by atoms with E-state index in [4.69, 9.17) is 17.3 Å². The fourth-order valence-electron chi connectivity index (χ4n) is 1.69. The van der Waals surface area contributed by atoms with E-state index >= 15 is 0 Å². The van der Waals surface area contributed by atoms with Crippen LogP contribution in [0.1, 0.15) is 11.4 Å². The molecule has 2 aromatic rings. The summed E-state index contributed by atoms with van der Waals surface area (Å²) in [6.07, 6.45) is 1.32. The zero-order valence-corrected chi connectivity index (χ0v) is 12.5. The molecule has 0 fully saturated rings. The van der Waals surface area contributed by atoms with E-state index in [1.807, 2.05) is 0 Å². The molecule has 0 spiro atoms. The van der Waals surface area contributed by atoms with Crippen molar-refractivity contribution in [3.8, 4) is 0 Å². The van der Waals surface area contributed by atoms with Crippen LogP contribution < -0.4 is 5.73 Å². The highest BCUT2D eigenvalue weighted by atomic mass is 35.5. The van der Waals surface area contributed by atoms with Crippen molar-refractivity contribution in [2.24, 2.45) is 0 Å². The van der Waals surface area contributed by atoms with Gasteiger partial charge in [0, 0.05) is 7.05 Å². The first kappa shape index (κ1) is 14.8. The molecule has 108 valence electrons. The normalized spacial score (nSPS) is 12.0. The van der Waals surface area contributed by atoms with Gasteiger partial charge in [-0.05, 0) is 24.6 Å². The van der Waals surface area contributed by atoms with Crippen molar-refractivity contribution in [2.75, 3.05) is 12.8 Å². The Kier molecular flexibility index (Phi) is 3.98. The molecule has 1 aromatic heterocycles. The SMILES string of the molecule is Cc1cc(S(=O)(=O)N(C)Cc2ncn[nH]2)cc(N)c1Cl. The number of rotatable bonds is 4. The summed E-state index contributed by atoms with van der Waals surface area (Å²) in [4.78, 5) is 3.99. The largest absolute Gasteiger partial charge is 0.397 e. The number of nitrogens with zero attached hydrogens (tertiary/aromatic N) is 3. The highest BCUT2D eigenvalue weighted by Crippen LogP contribution is 2.28. The quantitative estimate of drug-likeness (QED) is 0.824. The van der Waals surface area contributed by atoms with Gasteiger partial charge in [0.25, 0.3) is 0 Å². The number of aryl methyl sites for hydroxylation is 1. The highest BCUT2D eigenvalue weighted by molar-refractivity contribution is 7.89. The van der Waals surface area contributed by atoms with Gasteiger partial charge in [-0.3, -0.25) is 5.10 Å². The van der Waals surface area contributed by atoms with Gasteiger partial charge >= 0.3 is 0 Å². The average molecular weight is 316 g/mol. The van der Waals surface area contributed by atoms with Crippen molar-refractivity contribution < 1.29 is 8.42 Å². The minimum absolute atomic E-state index is 0.0872. The van der Waals surface area contributed by atoms with E-state index in [1.165, 1.54) is 25.5 Å². The van der Waals surface area contributed by atoms with Gasteiger partial charge in [-0.1, -0.05) is 11.6 Å². The van der Waals surface area contributed by atoms with Gasteiger partial charge in [-0.15, -0.1) is 0 Å². The number of hydrogen-bond acceptors (Lipinski definition) is 5. The number of hydrogen-bond donors (Lipinski definition) is 2. The van der Waals surface area contributed by atoms with Crippen molar-refractivity contribution in [1.82, 2.24) is 19.5 Å². The Hall–Kier alpha value is -1.64. The summed E-state index contributed by atoms with van der Waals surface area (Å²) in [6, 6.07) is 2.84. The first-order chi connectivity index (χ1) is 9.32. The Balaban J connectivity index is 2.35. The number of aromatic nitrogens is 3. The molecule has 2 rings (SSSR count). The third-order valence-corrected chi connectivity index (χ3v) is 5.10. The van der Waals surface area contributed by atoms with Crippen molar-refractivity contribution in [1.29, 1.82) is 0 Å². The Bertz CT molecular complexity index is 691. The number of nitrogens with one attached hydrogen (secondary N) is 1. The lowest BCUT2D eigenvalue weighted by molar-refractivity contribution is 0.457. The minimum atomic E-state index is -3.67. The molecule has 3 N–H and O–H groups in total. The lowest BCUT2D eigenvalue weighted by Crippen LogP contribution is -2.27. The molecule has 0 atom stereocenters. The van der Waals surface area contributed by atoms with Gasteiger partial charge in [0.15, 0.2) is 0 Å². The Morgan fingerprint density at radius 3 is 2.70 bits per heavy atom. The lowest BCUT2D eigenvalue weighted by Gasteiger charge is -2.17. The summed E-state index contributed by atoms with van der Waals surface area (Å²) >= 11 is 5.94. The van der Waals surface area contributed by atoms with E-state index < -0.39 is 10.0 Å². The van der Waals surface area contributed by atoms with E-state index in [-0.39, 0.29) is 17.1 Å². The third-order valence-electron chi connectivity index (χ3n) is 2.80. The maximum Gasteiger partial charge on any atom is 0.243 e. The number of sulfonamides is 1. The van der Waals surface area contributed by atoms with E-state index in [9.17, 15) is 8.42 Å². The number of benzene rings is 1. The standard InChI is InChI=1S/C11H14ClN5O2S/c1-7-3-8(4-9(13)11(7)12)20(18,19)17(2)5-10-14-6-15-16-10/h3-4,6H,5,13H2,1-2H3,(H,14,15,16). The third kappa shape index (κ3) is 2.77. The van der Waals surface area contributed by atoms with Crippen LogP contribution in [-0.4, -0.2) is 35.0 Å². The van der Waals surface area contributed by atoms with Crippen LogP contribution >= 0.6 is 11.6 Å². The molecule has 1 heterocycles. The fraction of sp³-hybridized carbons (Fsp3) is 0.273. The predicted molar refractivity (Wildman–Crippen MR) is 75.6 cm³/mol. The molecule has 0 aliphatic rings. The molecule has 20 heavy (non-hydrogen) atoms. The smallest absolute Gasteiger partial charge is 0.243 e. The van der Waals surface area contributed by atoms with Crippen LogP contribution in [0.4, 0.5) is 5.69 Å². The fourth-order valence-corrected chi connectivity index (χ4v) is 3.06. The monoisotopic (exact) mass is 315 g/mol. The number of nitrogens with two attached hydrogens (primary N) is 1. The average Bonchev–Trinajstić information content (AvgIpc) is 2.88. The first-order valence-electron chi connectivity index (χ1n) is 5.68. The molecular formula is C11H14ClN5O2S. The summed E-state index contributed by atoms with van der Waals surface area (Å²) in [5, 5.41) is 6.65. The Morgan fingerprint density at radius 2 is 2.15 bits per heavy atom. The van der Waals surface area contributed by atoms with Crippen LogP contribution in [0.2, 0.25) is 5.02 Å². The number of H-pyrrole nitrogens is 1. The number of halogens is 1. The summed E-state index contributed by atoms with van der Waals surface area (Å²) in [7, 11) is -2.21. The molecule has 0 aliphatic carbocycles. The maximum absolute atomic E-state index is 12.4. The van der Waals surface area contributed by atoms with Crippen LogP contribution in [0.3, 0.4) is 0 Å². The first-order valence-corrected chi connectivity index (χ1v) is 7.50. The molecule has 9 heteroatoms. The van der Waals surface area contributed by atoms with Crippen LogP contribution in [-0.2, 0) is 16.6 Å². The second kappa shape index (κ2) is 5.39. The lowest BCUT2D eigenvalue weighted by atomic mass is 10.2. The Morgan fingerprint density at radius 1 is 1.45 bits per heavy atom. The molecule has 0 saturated carbocycles. The molecule has 7 nitrogen and oxygen atoms in total. The second-order valence-electron chi connectivity index (χ2n) is 4.34. The predicted octanol–water partition coefficient (Wildman–Crippen LogP) is 1.17. The molecule has 0 bridgehead atoms. The second-order valence-corrected chi connectivity index (χ2v) is 6.76. The number of anilines is 1. The summed E-state index contributed by atoms with van der Waals surface area (Å²) in [6.45, 7) is 1.79. The Labute approximate surface area is 121 Å². The zero-order chi connectivity index (χ0) is 14.9. The molecule has 0 unspecified atom stereocenters.